The van der Waals surface area contributed by atoms with Crippen LogP contribution in [0.25, 0.3) is 0 Å². The van der Waals surface area contributed by atoms with Gasteiger partial charge in [-0.1, -0.05) is 23.2 Å². The molecule has 0 radical (unpaired) electrons. The molecule has 0 spiro atoms. The number of hydrogen-bond donors (Lipinski definition) is 2. The summed E-state index contributed by atoms with van der Waals surface area (Å²) in [5, 5.41) is 6.59. The van der Waals surface area contributed by atoms with Crippen LogP contribution in [-0.2, 0) is 4.79 Å². The van der Waals surface area contributed by atoms with Crippen LogP contribution in [0.5, 0.6) is 0 Å². The average Bonchev–Trinajstić information content (AvgIpc) is 2.69. The highest BCUT2D eigenvalue weighted by molar-refractivity contribution is 7.99. The molecular weight excluding hydrogens is 443 g/mol. The summed E-state index contributed by atoms with van der Waals surface area (Å²) in [5.74, 6) is -0.759. The molecule has 0 unspecified atom stereocenters. The molecule has 9 heteroatoms. The van der Waals surface area contributed by atoms with Gasteiger partial charge in [-0.25, -0.2) is 9.97 Å². The number of halogens is 2. The molecule has 2 aromatic carbocycles. The molecule has 6 nitrogen and oxygen atoms in total. The van der Waals surface area contributed by atoms with Crippen molar-refractivity contribution in [1.29, 1.82) is 0 Å². The Kier molecular flexibility index (Phi) is 7.31. The highest BCUT2D eigenvalue weighted by Crippen LogP contribution is 2.26. The van der Waals surface area contributed by atoms with Crippen LogP contribution in [0.2, 0.25) is 10.0 Å². The van der Waals surface area contributed by atoms with E-state index in [2.05, 4.69) is 20.6 Å². The molecule has 0 atom stereocenters. The van der Waals surface area contributed by atoms with Gasteiger partial charge in [-0.05, 0) is 74.1 Å². The molecule has 1 aromatic heterocycles. The minimum Gasteiger partial charge on any atom is -0.343 e. The molecule has 0 fully saturated rings. The van der Waals surface area contributed by atoms with Crippen LogP contribution in [0.15, 0.2) is 58.6 Å². The lowest BCUT2D eigenvalue weighted by Gasteiger charge is -2.08. The third kappa shape index (κ3) is 6.19. The van der Waals surface area contributed by atoms with E-state index in [-0.39, 0.29) is 17.5 Å². The standard InChI is InChI=1S/C21H18Cl2N4O2S/c1-12-9-13(2)26-21(25-12)30-16-6-4-15(5-7-16)27-19(28)11-24-20(29)14-3-8-17(22)18(23)10-14/h3-10H,11H2,1-2H3,(H,24,29)(H,27,28). The molecule has 30 heavy (non-hydrogen) atoms. The largest absolute Gasteiger partial charge is 0.343 e. The molecule has 3 rings (SSSR count). The van der Waals surface area contributed by atoms with Gasteiger partial charge in [0, 0.05) is 27.5 Å². The van der Waals surface area contributed by atoms with Crippen molar-refractivity contribution in [2.24, 2.45) is 0 Å². The van der Waals surface area contributed by atoms with Gasteiger partial charge in [0.15, 0.2) is 5.16 Å². The first-order valence-corrected chi connectivity index (χ1v) is 10.5. The summed E-state index contributed by atoms with van der Waals surface area (Å²) in [6.07, 6.45) is 0. The summed E-state index contributed by atoms with van der Waals surface area (Å²) < 4.78 is 0. The number of aromatic nitrogens is 2. The highest BCUT2D eigenvalue weighted by atomic mass is 35.5. The van der Waals surface area contributed by atoms with Crippen molar-refractivity contribution in [2.75, 3.05) is 11.9 Å². The van der Waals surface area contributed by atoms with E-state index in [0.717, 1.165) is 16.3 Å². The number of carbonyl (C=O) groups excluding carboxylic acids is 2. The summed E-state index contributed by atoms with van der Waals surface area (Å²) in [6.45, 7) is 3.68. The molecule has 2 N–H and O–H groups in total. The molecule has 0 aliphatic heterocycles. The van der Waals surface area contributed by atoms with Crippen molar-refractivity contribution in [3.63, 3.8) is 0 Å². The summed E-state index contributed by atoms with van der Waals surface area (Å²) in [5.41, 5.74) is 2.77. The van der Waals surface area contributed by atoms with Gasteiger partial charge in [0.2, 0.25) is 5.91 Å². The Labute approximate surface area is 188 Å². The fourth-order valence-corrected chi connectivity index (χ4v) is 3.72. The number of carbonyl (C=O) groups is 2. The van der Waals surface area contributed by atoms with Crippen LogP contribution in [-0.4, -0.2) is 28.3 Å². The number of amides is 2. The van der Waals surface area contributed by atoms with E-state index in [1.54, 1.807) is 12.1 Å². The number of hydrogen-bond acceptors (Lipinski definition) is 5. The van der Waals surface area contributed by atoms with E-state index >= 15 is 0 Å². The quantitative estimate of drug-likeness (QED) is 0.509. The van der Waals surface area contributed by atoms with Crippen molar-refractivity contribution < 1.29 is 9.59 Å². The number of nitrogens with zero attached hydrogens (tertiary/aromatic N) is 2. The Bertz CT molecular complexity index is 1070. The Hall–Kier alpha value is -2.61. The zero-order chi connectivity index (χ0) is 21.7. The predicted octanol–water partition coefficient (Wildman–Crippen LogP) is 4.92. The van der Waals surface area contributed by atoms with E-state index in [0.29, 0.717) is 21.4 Å². The maximum absolute atomic E-state index is 12.1. The molecule has 0 saturated heterocycles. The van der Waals surface area contributed by atoms with Crippen molar-refractivity contribution in [1.82, 2.24) is 15.3 Å². The van der Waals surface area contributed by atoms with E-state index < -0.39 is 5.91 Å². The van der Waals surface area contributed by atoms with Crippen LogP contribution < -0.4 is 10.6 Å². The summed E-state index contributed by atoms with van der Waals surface area (Å²) in [7, 11) is 0. The van der Waals surface area contributed by atoms with Gasteiger partial charge < -0.3 is 10.6 Å². The second kappa shape index (κ2) is 9.93. The average molecular weight is 461 g/mol. The second-order valence-electron chi connectivity index (χ2n) is 6.42. The minimum absolute atomic E-state index is 0.175. The lowest BCUT2D eigenvalue weighted by molar-refractivity contribution is -0.115. The maximum atomic E-state index is 12.1. The van der Waals surface area contributed by atoms with E-state index in [1.807, 2.05) is 32.0 Å². The third-order valence-corrected chi connectivity index (χ3v) is 5.51. The lowest BCUT2D eigenvalue weighted by Crippen LogP contribution is -2.32. The first-order valence-electron chi connectivity index (χ1n) is 8.93. The fraction of sp³-hybridized carbons (Fsp3) is 0.143. The van der Waals surface area contributed by atoms with Gasteiger partial charge in [-0.15, -0.1) is 0 Å². The van der Waals surface area contributed by atoms with Gasteiger partial charge in [0.1, 0.15) is 0 Å². The van der Waals surface area contributed by atoms with Gasteiger partial charge in [-0.2, -0.15) is 0 Å². The van der Waals surface area contributed by atoms with Crippen LogP contribution in [0, 0.1) is 13.8 Å². The van der Waals surface area contributed by atoms with Crippen molar-refractivity contribution in [3.05, 3.63) is 75.5 Å². The molecule has 3 aromatic rings. The number of rotatable bonds is 6. The molecule has 0 aliphatic carbocycles. The first-order chi connectivity index (χ1) is 14.3. The summed E-state index contributed by atoms with van der Waals surface area (Å²) in [6, 6.07) is 13.7. The molecule has 0 bridgehead atoms. The van der Waals surface area contributed by atoms with Crippen LogP contribution in [0.3, 0.4) is 0 Å². The third-order valence-electron chi connectivity index (χ3n) is 3.90. The van der Waals surface area contributed by atoms with Crippen LogP contribution >= 0.6 is 35.0 Å². The van der Waals surface area contributed by atoms with Crippen LogP contribution in [0.4, 0.5) is 5.69 Å². The number of nitrogens with one attached hydrogen (secondary N) is 2. The smallest absolute Gasteiger partial charge is 0.251 e. The maximum Gasteiger partial charge on any atom is 0.251 e. The van der Waals surface area contributed by atoms with E-state index in [1.165, 1.54) is 30.0 Å². The van der Waals surface area contributed by atoms with Gasteiger partial charge in [0.25, 0.3) is 5.91 Å². The zero-order valence-corrected chi connectivity index (χ0v) is 18.5. The van der Waals surface area contributed by atoms with Gasteiger partial charge in [-0.3, -0.25) is 9.59 Å². The number of aryl methyl sites for hydroxylation is 2. The Morgan fingerprint density at radius 3 is 2.23 bits per heavy atom. The highest BCUT2D eigenvalue weighted by Gasteiger charge is 2.10. The number of anilines is 1. The second-order valence-corrected chi connectivity index (χ2v) is 8.27. The molecule has 0 aliphatic rings. The molecule has 0 saturated carbocycles. The Morgan fingerprint density at radius 2 is 1.60 bits per heavy atom. The van der Waals surface area contributed by atoms with Crippen molar-refractivity contribution in [3.8, 4) is 0 Å². The van der Waals surface area contributed by atoms with E-state index in [4.69, 9.17) is 23.2 Å². The SMILES string of the molecule is Cc1cc(C)nc(Sc2ccc(NC(=O)CNC(=O)c3ccc(Cl)c(Cl)c3)cc2)n1. The molecule has 1 heterocycles. The van der Waals surface area contributed by atoms with Gasteiger partial charge >= 0.3 is 0 Å². The van der Waals surface area contributed by atoms with Gasteiger partial charge in [0.05, 0.1) is 16.6 Å². The topological polar surface area (TPSA) is 84.0 Å². The lowest BCUT2D eigenvalue weighted by atomic mass is 10.2. The zero-order valence-electron chi connectivity index (χ0n) is 16.2. The molecular formula is C21H18Cl2N4O2S. The van der Waals surface area contributed by atoms with Crippen molar-refractivity contribution >= 4 is 52.5 Å². The summed E-state index contributed by atoms with van der Waals surface area (Å²) >= 11 is 13.2. The first kappa shape index (κ1) is 22.1. The fourth-order valence-electron chi connectivity index (χ4n) is 2.56. The minimum atomic E-state index is -0.413. The predicted molar refractivity (Wildman–Crippen MR) is 119 cm³/mol. The Balaban J connectivity index is 1.52. The number of benzene rings is 2. The molecule has 154 valence electrons. The van der Waals surface area contributed by atoms with Crippen molar-refractivity contribution in [2.45, 2.75) is 23.9 Å². The molecule has 2 amide bonds. The van der Waals surface area contributed by atoms with E-state index in [9.17, 15) is 9.59 Å². The summed E-state index contributed by atoms with van der Waals surface area (Å²) in [4.78, 5) is 34.0. The normalized spacial score (nSPS) is 10.5. The Morgan fingerprint density at radius 1 is 0.933 bits per heavy atom. The van der Waals surface area contributed by atoms with Crippen LogP contribution in [0.1, 0.15) is 21.7 Å². The monoisotopic (exact) mass is 460 g/mol.